The lowest BCUT2D eigenvalue weighted by Gasteiger charge is -2.24. The van der Waals surface area contributed by atoms with Crippen LogP contribution >= 0.6 is 11.8 Å². The van der Waals surface area contributed by atoms with Gasteiger partial charge < -0.3 is 4.79 Å². The fourth-order valence-electron chi connectivity index (χ4n) is 2.97. The van der Waals surface area contributed by atoms with E-state index in [1.165, 1.54) is 31.4 Å². The van der Waals surface area contributed by atoms with Crippen LogP contribution in [0.3, 0.4) is 0 Å². The van der Waals surface area contributed by atoms with Crippen LogP contribution in [-0.2, 0) is 4.79 Å². The molecule has 0 radical (unpaired) electrons. The summed E-state index contributed by atoms with van der Waals surface area (Å²) in [5.74, 6) is 0.371. The minimum atomic E-state index is -4.27. The van der Waals surface area contributed by atoms with Gasteiger partial charge in [-0.25, -0.2) is 0 Å². The van der Waals surface area contributed by atoms with Crippen molar-refractivity contribution in [2.75, 3.05) is 0 Å². The van der Waals surface area contributed by atoms with Gasteiger partial charge in [-0.3, -0.25) is 0 Å². The molecule has 1 aliphatic carbocycles. The minimum absolute atomic E-state index is 0.124. The summed E-state index contributed by atoms with van der Waals surface area (Å²) < 4.78 is 36.8. The first-order valence-electron chi connectivity index (χ1n) is 7.29. The normalized spacial score (nSPS) is 18.4. The molecular weight excluding hydrogens is 297 g/mol. The van der Waals surface area contributed by atoms with Crippen LogP contribution in [0.5, 0.6) is 0 Å². The lowest BCUT2D eigenvalue weighted by Crippen LogP contribution is -2.12. The van der Waals surface area contributed by atoms with Gasteiger partial charge in [-0.1, -0.05) is 44.2 Å². The summed E-state index contributed by atoms with van der Waals surface area (Å²) in [6.07, 6.45) is 7.77. The lowest BCUT2D eigenvalue weighted by atomic mass is 9.81. The third-order valence-electron chi connectivity index (χ3n) is 4.02. The number of hydrogen-bond donors (Lipinski definition) is 0. The first-order chi connectivity index (χ1) is 9.98. The van der Waals surface area contributed by atoms with Crippen LogP contribution < -0.4 is 0 Å². The van der Waals surface area contributed by atoms with E-state index >= 15 is 0 Å². The highest BCUT2D eigenvalue weighted by molar-refractivity contribution is 8.00. The van der Waals surface area contributed by atoms with Crippen molar-refractivity contribution in [1.29, 1.82) is 0 Å². The first-order valence-corrected chi connectivity index (χ1v) is 8.10. The van der Waals surface area contributed by atoms with E-state index in [-0.39, 0.29) is 22.6 Å². The van der Waals surface area contributed by atoms with E-state index in [2.05, 4.69) is 0 Å². The number of alkyl halides is 3. The molecule has 1 aromatic carbocycles. The fourth-order valence-corrected chi connectivity index (χ4v) is 3.51. The fraction of sp³-hybridized carbons (Fsp3) is 0.562. The summed E-state index contributed by atoms with van der Waals surface area (Å²) in [7, 11) is 0. The molecule has 1 atom stereocenters. The number of benzene rings is 1. The number of thioether (sulfide) groups is 1. The molecule has 1 fully saturated rings. The molecule has 1 aliphatic rings. The van der Waals surface area contributed by atoms with Gasteiger partial charge in [-0.05, 0) is 41.8 Å². The summed E-state index contributed by atoms with van der Waals surface area (Å²) in [4.78, 5) is 11.5. The largest absolute Gasteiger partial charge is 0.446 e. The van der Waals surface area contributed by atoms with Gasteiger partial charge in [0.25, 0.3) is 0 Å². The number of halogens is 3. The van der Waals surface area contributed by atoms with Crippen LogP contribution in [0.1, 0.15) is 50.0 Å². The van der Waals surface area contributed by atoms with Crippen LogP contribution in [0, 0.1) is 5.92 Å². The molecule has 1 aromatic rings. The van der Waals surface area contributed by atoms with E-state index in [1.807, 2.05) is 0 Å². The molecule has 21 heavy (non-hydrogen) atoms. The van der Waals surface area contributed by atoms with Gasteiger partial charge in [-0.2, -0.15) is 13.2 Å². The molecule has 1 saturated carbocycles. The Morgan fingerprint density at radius 2 is 1.76 bits per heavy atom. The molecule has 0 heterocycles. The van der Waals surface area contributed by atoms with Crippen LogP contribution in [-0.4, -0.2) is 11.8 Å². The van der Waals surface area contributed by atoms with Crippen molar-refractivity contribution in [3.05, 3.63) is 29.8 Å². The van der Waals surface area contributed by atoms with Crippen molar-refractivity contribution >= 4 is 18.0 Å². The zero-order valence-corrected chi connectivity index (χ0v) is 12.6. The van der Waals surface area contributed by atoms with Gasteiger partial charge in [0.05, 0.1) is 0 Å². The average Bonchev–Trinajstić information content (AvgIpc) is 2.45. The van der Waals surface area contributed by atoms with E-state index in [0.29, 0.717) is 5.92 Å². The van der Waals surface area contributed by atoms with Gasteiger partial charge in [-0.15, -0.1) is 0 Å². The maximum absolute atomic E-state index is 12.3. The predicted octanol–water partition coefficient (Wildman–Crippen LogP) is 5.55. The molecule has 5 heteroatoms. The van der Waals surface area contributed by atoms with E-state index < -0.39 is 5.51 Å². The highest BCUT2D eigenvalue weighted by Gasteiger charge is 2.29. The number of carbonyl (C=O) groups excluding carboxylic acids is 1. The molecular formula is C16H19F3OS. The molecule has 2 rings (SSSR count). The Kier molecular flexibility index (Phi) is 5.73. The maximum Gasteiger partial charge on any atom is 0.446 e. The standard InChI is InChI=1S/C16H19F3OS/c17-16(18,19)21-15-8-6-13(7-9-15)14(11-20)10-12-4-2-1-3-5-12/h6-9,11-12,14H,1-5,10H2. The van der Waals surface area contributed by atoms with E-state index in [1.54, 1.807) is 12.1 Å². The summed E-state index contributed by atoms with van der Waals surface area (Å²) >= 11 is -0.124. The zero-order chi connectivity index (χ0) is 15.3. The molecule has 1 nitrogen and oxygen atoms in total. The van der Waals surface area contributed by atoms with E-state index in [4.69, 9.17) is 0 Å². The van der Waals surface area contributed by atoms with Crippen LogP contribution in [0.4, 0.5) is 13.2 Å². The summed E-state index contributed by atoms with van der Waals surface area (Å²) in [6.45, 7) is 0. The molecule has 0 aliphatic heterocycles. The first kappa shape index (κ1) is 16.4. The molecule has 0 amide bonds. The van der Waals surface area contributed by atoms with Crippen molar-refractivity contribution in [3.8, 4) is 0 Å². The molecule has 0 bridgehead atoms. The Bertz CT molecular complexity index is 450. The predicted molar refractivity (Wildman–Crippen MR) is 78.4 cm³/mol. The zero-order valence-electron chi connectivity index (χ0n) is 11.7. The van der Waals surface area contributed by atoms with E-state index in [0.717, 1.165) is 31.1 Å². The Morgan fingerprint density at radius 3 is 2.29 bits per heavy atom. The summed E-state index contributed by atoms with van der Waals surface area (Å²) in [5, 5.41) is 0. The van der Waals surface area contributed by atoms with Crippen molar-refractivity contribution < 1.29 is 18.0 Å². The van der Waals surface area contributed by atoms with Gasteiger partial charge in [0.1, 0.15) is 6.29 Å². The second-order valence-electron chi connectivity index (χ2n) is 5.60. The Morgan fingerprint density at radius 1 is 1.14 bits per heavy atom. The van der Waals surface area contributed by atoms with Crippen molar-refractivity contribution in [3.63, 3.8) is 0 Å². The summed E-state index contributed by atoms with van der Waals surface area (Å²) in [5.41, 5.74) is -3.45. The quantitative estimate of drug-likeness (QED) is 0.523. The van der Waals surface area contributed by atoms with Gasteiger partial charge in [0, 0.05) is 10.8 Å². The second-order valence-corrected chi connectivity index (χ2v) is 6.74. The van der Waals surface area contributed by atoms with Crippen LogP contribution in [0.25, 0.3) is 0 Å². The SMILES string of the molecule is O=CC(CC1CCCCC1)c1ccc(SC(F)(F)F)cc1. The molecule has 0 spiro atoms. The van der Waals surface area contributed by atoms with Gasteiger partial charge in [0.2, 0.25) is 0 Å². The van der Waals surface area contributed by atoms with Gasteiger partial charge >= 0.3 is 5.51 Å². The molecule has 0 N–H and O–H groups in total. The number of aldehydes is 1. The Hall–Kier alpha value is -0.970. The number of rotatable bonds is 5. The molecule has 1 unspecified atom stereocenters. The minimum Gasteiger partial charge on any atom is -0.303 e. The maximum atomic E-state index is 12.3. The topological polar surface area (TPSA) is 17.1 Å². The van der Waals surface area contributed by atoms with Crippen LogP contribution in [0.15, 0.2) is 29.2 Å². The number of carbonyl (C=O) groups is 1. The Balaban J connectivity index is 1.99. The monoisotopic (exact) mass is 316 g/mol. The molecule has 0 saturated heterocycles. The number of hydrogen-bond acceptors (Lipinski definition) is 2. The lowest BCUT2D eigenvalue weighted by molar-refractivity contribution is -0.109. The summed E-state index contributed by atoms with van der Waals surface area (Å²) in [6, 6.07) is 6.20. The van der Waals surface area contributed by atoms with E-state index in [9.17, 15) is 18.0 Å². The second kappa shape index (κ2) is 7.34. The third-order valence-corrected chi connectivity index (χ3v) is 4.76. The molecule has 0 aromatic heterocycles. The van der Waals surface area contributed by atoms with Gasteiger partial charge in [0.15, 0.2) is 0 Å². The highest BCUT2D eigenvalue weighted by atomic mass is 32.2. The third kappa shape index (κ3) is 5.38. The van der Waals surface area contributed by atoms with Crippen molar-refractivity contribution in [2.45, 2.75) is 54.8 Å². The van der Waals surface area contributed by atoms with Crippen molar-refractivity contribution in [1.82, 2.24) is 0 Å². The molecule has 116 valence electrons. The highest BCUT2D eigenvalue weighted by Crippen LogP contribution is 2.38. The average molecular weight is 316 g/mol. The Labute approximate surface area is 127 Å². The van der Waals surface area contributed by atoms with Crippen molar-refractivity contribution in [2.24, 2.45) is 5.92 Å². The smallest absolute Gasteiger partial charge is 0.303 e. The van der Waals surface area contributed by atoms with Crippen LogP contribution in [0.2, 0.25) is 0 Å².